The van der Waals surface area contributed by atoms with Gasteiger partial charge in [0.1, 0.15) is 5.82 Å². The molecule has 0 radical (unpaired) electrons. The minimum Gasteiger partial charge on any atom is -0.483 e. The van der Waals surface area contributed by atoms with Crippen molar-refractivity contribution in [2.45, 2.75) is 44.7 Å². The highest BCUT2D eigenvalue weighted by Crippen LogP contribution is 2.18. The first-order valence-corrected chi connectivity index (χ1v) is 7.42. The van der Waals surface area contributed by atoms with Gasteiger partial charge in [-0.3, -0.25) is 9.59 Å². The Hall–Kier alpha value is -2.13. The molecule has 2 rings (SSSR count). The molecule has 126 valence electrons. The first-order chi connectivity index (χ1) is 11.0. The van der Waals surface area contributed by atoms with Crippen molar-refractivity contribution in [2.24, 2.45) is 0 Å². The number of aromatic nitrogens is 1. The molecule has 2 heterocycles. The lowest BCUT2D eigenvalue weighted by Gasteiger charge is -2.31. The highest BCUT2D eigenvalue weighted by Gasteiger charge is 2.35. The summed E-state index contributed by atoms with van der Waals surface area (Å²) in [5.41, 5.74) is 6.18. The molecule has 1 amide bonds. The van der Waals surface area contributed by atoms with Gasteiger partial charge in [0, 0.05) is 6.10 Å². The van der Waals surface area contributed by atoms with E-state index < -0.39 is 7.12 Å². The molecule has 1 aromatic rings. The van der Waals surface area contributed by atoms with Crippen LogP contribution in [-0.2, 0) is 20.7 Å². The van der Waals surface area contributed by atoms with E-state index in [1.165, 1.54) is 0 Å². The van der Waals surface area contributed by atoms with Crippen molar-refractivity contribution in [2.75, 3.05) is 5.73 Å². The minimum absolute atomic E-state index is 0.0775. The van der Waals surface area contributed by atoms with Crippen molar-refractivity contribution in [1.29, 1.82) is 0 Å². The van der Waals surface area contributed by atoms with Gasteiger partial charge in [0.2, 0.25) is 5.91 Å². The third-order valence-electron chi connectivity index (χ3n) is 3.45. The molecule has 1 aromatic heterocycles. The fraction of sp³-hybridized carbons (Fsp3) is 0.500. The maximum absolute atomic E-state index is 11.9. The van der Waals surface area contributed by atoms with Crippen LogP contribution in [0, 0.1) is 0 Å². The highest BCUT2D eigenvalue weighted by atomic mass is 16.5. The molecule has 1 saturated heterocycles. The van der Waals surface area contributed by atoms with Crippen LogP contribution in [0.25, 0.3) is 0 Å². The van der Waals surface area contributed by atoms with Gasteiger partial charge in [0.15, 0.2) is 0 Å². The van der Waals surface area contributed by atoms with Crippen LogP contribution in [0.4, 0.5) is 5.82 Å². The molecule has 0 spiro atoms. The van der Waals surface area contributed by atoms with Crippen molar-refractivity contribution >= 4 is 25.3 Å². The highest BCUT2D eigenvalue weighted by molar-refractivity contribution is 6.45. The fourth-order valence-electron chi connectivity index (χ4n) is 2.33. The van der Waals surface area contributed by atoms with Crippen LogP contribution >= 0.6 is 0 Å². The van der Waals surface area contributed by atoms with E-state index in [9.17, 15) is 9.82 Å². The van der Waals surface area contributed by atoms with Crippen LogP contribution in [0.2, 0.25) is 0 Å². The molecule has 0 aromatic carbocycles. The Balaban J connectivity index is 0.000000816. The second kappa shape index (κ2) is 9.80. The Morgan fingerprint density at radius 1 is 1.57 bits per heavy atom. The monoisotopic (exact) mass is 323 g/mol. The summed E-state index contributed by atoms with van der Waals surface area (Å²) in [5.74, 6) is -0.154. The van der Waals surface area contributed by atoms with Gasteiger partial charge in [-0.2, -0.15) is 0 Å². The zero-order valence-electron chi connectivity index (χ0n) is 13.0. The van der Waals surface area contributed by atoms with Gasteiger partial charge < -0.3 is 25.8 Å². The topological polar surface area (TPSA) is 135 Å². The molecular weight excluding hydrogens is 301 g/mol. The van der Waals surface area contributed by atoms with Crippen LogP contribution < -0.4 is 11.1 Å². The number of hydrogen-bond donors (Lipinski definition) is 4. The molecule has 23 heavy (non-hydrogen) atoms. The molecule has 0 aliphatic carbocycles. The molecule has 8 nitrogen and oxygen atoms in total. The summed E-state index contributed by atoms with van der Waals surface area (Å²) in [4.78, 5) is 24.4. The van der Waals surface area contributed by atoms with E-state index in [4.69, 9.17) is 20.3 Å². The first-order valence-electron chi connectivity index (χ1n) is 7.42. The Bertz CT molecular complexity index is 517. The summed E-state index contributed by atoms with van der Waals surface area (Å²) < 4.78 is 5.42. The van der Waals surface area contributed by atoms with E-state index in [1.807, 2.05) is 6.92 Å². The van der Waals surface area contributed by atoms with E-state index >= 15 is 0 Å². The number of nitrogen functional groups attached to an aromatic ring is 1. The number of hydrogen-bond acceptors (Lipinski definition) is 6. The van der Waals surface area contributed by atoms with Crippen molar-refractivity contribution < 1.29 is 24.4 Å². The van der Waals surface area contributed by atoms with Crippen molar-refractivity contribution in [3.8, 4) is 0 Å². The van der Waals surface area contributed by atoms with E-state index in [2.05, 4.69) is 10.3 Å². The Labute approximate surface area is 135 Å². The van der Waals surface area contributed by atoms with Gasteiger partial charge in [0.05, 0.1) is 18.1 Å². The van der Waals surface area contributed by atoms with E-state index in [-0.39, 0.29) is 30.8 Å². The number of pyridine rings is 1. The number of nitrogens with one attached hydrogen (secondary N) is 1. The lowest BCUT2D eigenvalue weighted by atomic mass is 9.72. The van der Waals surface area contributed by atoms with Crippen LogP contribution in [-0.4, -0.2) is 46.7 Å². The molecule has 2 unspecified atom stereocenters. The van der Waals surface area contributed by atoms with Gasteiger partial charge >= 0.3 is 7.12 Å². The zero-order valence-corrected chi connectivity index (χ0v) is 13.0. The molecule has 1 aliphatic heterocycles. The molecule has 1 fully saturated rings. The number of nitrogens with zero attached hydrogens (tertiary/aromatic N) is 1. The third-order valence-corrected chi connectivity index (χ3v) is 3.45. The Morgan fingerprint density at radius 3 is 2.83 bits per heavy atom. The van der Waals surface area contributed by atoms with Crippen molar-refractivity contribution in [3.05, 3.63) is 23.9 Å². The van der Waals surface area contributed by atoms with Crippen LogP contribution in [0.3, 0.4) is 0 Å². The van der Waals surface area contributed by atoms with Crippen LogP contribution in [0.15, 0.2) is 18.2 Å². The summed E-state index contributed by atoms with van der Waals surface area (Å²) in [6, 6.07) is 5.18. The molecule has 2 atom stereocenters. The number of carbonyl (C=O) groups excluding carboxylic acids is 1. The maximum atomic E-state index is 11.9. The standard InChI is InChI=1S/C13H20BN3O3.CH2O2/c1-2-10-6-7-11(14(19)20-10)17-13(18)8-9-4-3-5-12(15)16-9;2-1-3/h3-5,10-11,19H,2,6-8H2,1H3,(H2,15,16)(H,17,18);1H,(H,2,3). The number of carbonyl (C=O) groups is 2. The number of anilines is 1. The lowest BCUT2D eigenvalue weighted by Crippen LogP contribution is -2.52. The minimum atomic E-state index is -0.938. The van der Waals surface area contributed by atoms with E-state index in [1.54, 1.807) is 18.2 Å². The second-order valence-electron chi connectivity index (χ2n) is 5.14. The second-order valence-corrected chi connectivity index (χ2v) is 5.14. The van der Waals surface area contributed by atoms with Gasteiger partial charge in [-0.25, -0.2) is 4.98 Å². The Morgan fingerprint density at radius 2 is 2.26 bits per heavy atom. The summed E-state index contributed by atoms with van der Waals surface area (Å²) in [5, 5.41) is 19.5. The predicted octanol–water partition coefficient (Wildman–Crippen LogP) is 0.000600. The number of nitrogens with two attached hydrogens (primary N) is 1. The van der Waals surface area contributed by atoms with Crippen molar-refractivity contribution in [1.82, 2.24) is 10.3 Å². The third kappa shape index (κ3) is 6.66. The quantitative estimate of drug-likeness (QED) is 0.452. The number of amides is 1. The van der Waals surface area contributed by atoms with E-state index in [0.29, 0.717) is 11.5 Å². The summed E-state index contributed by atoms with van der Waals surface area (Å²) in [6.07, 6.45) is 2.65. The van der Waals surface area contributed by atoms with Gasteiger partial charge in [-0.15, -0.1) is 0 Å². The van der Waals surface area contributed by atoms with Gasteiger partial charge in [0.25, 0.3) is 6.47 Å². The summed E-state index contributed by atoms with van der Waals surface area (Å²) in [6.45, 7) is 1.77. The number of rotatable bonds is 4. The molecule has 9 heteroatoms. The van der Waals surface area contributed by atoms with Gasteiger partial charge in [-0.05, 0) is 31.4 Å². The Kier molecular flexibility index (Phi) is 8.07. The smallest absolute Gasteiger partial charge is 0.478 e. The van der Waals surface area contributed by atoms with Gasteiger partial charge in [-0.1, -0.05) is 13.0 Å². The average Bonchev–Trinajstić information content (AvgIpc) is 2.50. The molecule has 0 saturated carbocycles. The molecule has 5 N–H and O–H groups in total. The average molecular weight is 323 g/mol. The largest absolute Gasteiger partial charge is 0.483 e. The summed E-state index contributed by atoms with van der Waals surface area (Å²) in [7, 11) is -0.938. The van der Waals surface area contributed by atoms with Crippen LogP contribution in [0.5, 0.6) is 0 Å². The zero-order chi connectivity index (χ0) is 17.2. The predicted molar refractivity (Wildman–Crippen MR) is 85.3 cm³/mol. The molecule has 1 aliphatic rings. The fourth-order valence-corrected chi connectivity index (χ4v) is 2.33. The first kappa shape index (κ1) is 18.9. The molecule has 0 bridgehead atoms. The molecular formula is C14H22BN3O5. The lowest BCUT2D eigenvalue weighted by molar-refractivity contribution is -0.123. The number of carboxylic acid groups (broad SMARTS) is 1. The normalized spacial score (nSPS) is 20.2. The van der Waals surface area contributed by atoms with E-state index in [0.717, 1.165) is 19.3 Å². The summed E-state index contributed by atoms with van der Waals surface area (Å²) >= 11 is 0. The van der Waals surface area contributed by atoms with Crippen LogP contribution in [0.1, 0.15) is 31.9 Å². The van der Waals surface area contributed by atoms with Crippen molar-refractivity contribution in [3.63, 3.8) is 0 Å². The maximum Gasteiger partial charge on any atom is 0.478 e. The SMILES string of the molecule is CCC1CCC(NC(=O)Cc2cccc(N)n2)B(O)O1.O=CO.